The van der Waals surface area contributed by atoms with Gasteiger partial charge in [0, 0.05) is 0 Å². The summed E-state index contributed by atoms with van der Waals surface area (Å²) in [6, 6.07) is 0. The van der Waals surface area contributed by atoms with Crippen LogP contribution in [0.5, 0.6) is 0 Å². The summed E-state index contributed by atoms with van der Waals surface area (Å²) in [5.41, 5.74) is 0. The van der Waals surface area contributed by atoms with Crippen molar-refractivity contribution in [2.75, 3.05) is 0 Å². The molecule has 6 aliphatic carbocycles. The maximum atomic E-state index is 4.93. The maximum absolute atomic E-state index is 4.93. The van der Waals surface area contributed by atoms with Crippen LogP contribution in [0.25, 0.3) is 0 Å². The zero-order chi connectivity index (χ0) is 49.0. The summed E-state index contributed by atoms with van der Waals surface area (Å²) in [5, 5.41) is 0. The summed E-state index contributed by atoms with van der Waals surface area (Å²) in [6.07, 6.45) is 60.7. The molecule has 4 unspecified atom stereocenters. The molecule has 0 heterocycles. The van der Waals surface area contributed by atoms with Gasteiger partial charge in [0.25, 0.3) is 0 Å². The first-order valence-electron chi connectivity index (χ1n) is 29.5. The summed E-state index contributed by atoms with van der Waals surface area (Å²) in [5.74, 6) is 8.71. The standard InChI is InChI=1S/2C10H20.4C9H18.C3H8.4CH3.4ClH.2Zr/c2*1-3-4-5-10-7-6-9(2)8-10;4*1-2-3-6-9-7-4-5-8-9;1-3-2;;;;;;;;;;/h2*9-10H,3-8H2,1-2H3;4*9H,2-8H2,1H3;3H2,1-2H3;4*1H3;4*1H;;/q;;;;;;;4*-1;;;;;2*+4/p-4. The Bertz CT molecular complexity index is 715. The predicted molar refractivity (Wildman–Crippen MR) is 323 cm³/mol. The van der Waals surface area contributed by atoms with Crippen LogP contribution in [0.15, 0.2) is 0 Å². The fraction of sp³-hybridized carbons (Fsp3) is 0.937. The number of halogens is 4. The van der Waals surface area contributed by atoms with Gasteiger partial charge in [0.1, 0.15) is 0 Å². The Kier molecular flexibility index (Phi) is 88.2. The van der Waals surface area contributed by atoms with Crippen LogP contribution in [0.3, 0.4) is 0 Å². The third kappa shape index (κ3) is 63.4. The van der Waals surface area contributed by atoms with Crippen molar-refractivity contribution in [3.63, 3.8) is 0 Å². The van der Waals surface area contributed by atoms with Gasteiger partial charge in [0.15, 0.2) is 0 Å². The van der Waals surface area contributed by atoms with Crippen LogP contribution in [0.4, 0.5) is 0 Å². The molecule has 6 saturated carbocycles. The van der Waals surface area contributed by atoms with Crippen molar-refractivity contribution >= 4 is 34.1 Å². The summed E-state index contributed by atoms with van der Waals surface area (Å²) in [7, 11) is 19.7. The molecule has 0 aromatic heterocycles. The van der Waals surface area contributed by atoms with E-state index in [4.69, 9.17) is 34.1 Å². The van der Waals surface area contributed by atoms with Gasteiger partial charge in [-0.05, 0) is 60.2 Å². The monoisotopic (exact) mass is 1210 g/mol. The predicted octanol–water partition coefficient (Wildman–Crippen LogP) is 26.7. The minimum absolute atomic E-state index is 0. The summed E-state index contributed by atoms with van der Waals surface area (Å²) >= 11 is -1.65. The van der Waals surface area contributed by atoms with Gasteiger partial charge in [-0.15, -0.1) is 0 Å². The summed E-state index contributed by atoms with van der Waals surface area (Å²) in [6.45, 7) is 22.8. The van der Waals surface area contributed by atoms with E-state index in [2.05, 4.69) is 69.2 Å². The van der Waals surface area contributed by atoms with Gasteiger partial charge in [0.2, 0.25) is 0 Å². The molecule has 0 saturated heterocycles. The average Bonchev–Trinajstić information content (AvgIpc) is 4.17. The van der Waals surface area contributed by atoms with E-state index < -0.39 is 41.7 Å². The Hall–Kier alpha value is 2.93. The minimum atomic E-state index is -0.826. The van der Waals surface area contributed by atoms with Crippen molar-refractivity contribution in [3.05, 3.63) is 29.7 Å². The van der Waals surface area contributed by atoms with E-state index in [-0.39, 0.29) is 29.7 Å². The van der Waals surface area contributed by atoms with Gasteiger partial charge in [-0.1, -0.05) is 320 Å². The topological polar surface area (TPSA) is 0 Å². The second kappa shape index (κ2) is 70.9. The Morgan fingerprint density at radius 2 is 0.449 bits per heavy atom. The Morgan fingerprint density at radius 1 is 0.290 bits per heavy atom. The molecule has 6 fully saturated rings. The molecule has 0 spiro atoms. The van der Waals surface area contributed by atoms with E-state index in [1.165, 1.54) is 263 Å². The first-order valence-corrected chi connectivity index (χ1v) is 42.2. The zero-order valence-corrected chi connectivity index (χ0v) is 58.1. The third-order valence-electron chi connectivity index (χ3n) is 15.3. The van der Waals surface area contributed by atoms with Crippen molar-refractivity contribution in [3.8, 4) is 0 Å². The fourth-order valence-corrected chi connectivity index (χ4v) is 11.3. The van der Waals surface area contributed by atoms with Gasteiger partial charge in [-0.2, -0.15) is 0 Å². The van der Waals surface area contributed by atoms with Gasteiger partial charge in [0.05, 0.1) is 0 Å². The molecule has 6 rings (SSSR count). The van der Waals surface area contributed by atoms with Crippen LogP contribution < -0.4 is 0 Å². The fourth-order valence-electron chi connectivity index (χ4n) is 11.3. The molecule has 4 atom stereocenters. The molecule has 0 radical (unpaired) electrons. The second-order valence-corrected chi connectivity index (χ2v) is 29.3. The van der Waals surface area contributed by atoms with E-state index in [1.54, 1.807) is 0 Å². The summed E-state index contributed by atoms with van der Waals surface area (Å²) in [4.78, 5) is 0. The molecule has 69 heavy (non-hydrogen) atoms. The number of hydrogen-bond donors (Lipinski definition) is 0. The first-order chi connectivity index (χ1) is 31.6. The molecule has 6 aliphatic rings. The molecular formula is C63H132Cl4Zr2. The molecule has 420 valence electrons. The second-order valence-electron chi connectivity index (χ2n) is 21.9. The summed E-state index contributed by atoms with van der Waals surface area (Å²) < 4.78 is 0. The van der Waals surface area contributed by atoms with Crippen LogP contribution in [-0.2, 0) is 41.7 Å². The SMILES string of the molecule is CCC.CCCCC1CCC(C)C1.CCCCC1CCC(C)C1.CCCCC1CCCC1.CCCCC1CCCC1.CCCCC1CCCC1.CCCCC1CCCC1.[CH3-].[CH3-].[CH3-].[CH3-].[Cl][Zr+2][Cl].[Cl][Zr+2][Cl]. The number of unbranched alkanes of at least 4 members (excludes halogenated alkanes) is 6. The van der Waals surface area contributed by atoms with Crippen LogP contribution in [0, 0.1) is 77.0 Å². The zero-order valence-electron chi connectivity index (χ0n) is 50.1. The number of rotatable bonds is 18. The average molecular weight is 1210 g/mol. The molecule has 0 amide bonds. The first kappa shape index (κ1) is 85.8. The molecule has 0 aromatic carbocycles. The van der Waals surface area contributed by atoms with Crippen molar-refractivity contribution < 1.29 is 41.7 Å². The molecule has 0 aliphatic heterocycles. The number of hydrogen-bond acceptors (Lipinski definition) is 0. The van der Waals surface area contributed by atoms with E-state index in [0.29, 0.717) is 0 Å². The van der Waals surface area contributed by atoms with Crippen molar-refractivity contribution in [1.82, 2.24) is 0 Å². The molecule has 0 aromatic rings. The van der Waals surface area contributed by atoms with Crippen LogP contribution in [-0.4, -0.2) is 0 Å². The van der Waals surface area contributed by atoms with Gasteiger partial charge in [-0.25, -0.2) is 0 Å². The van der Waals surface area contributed by atoms with E-state index in [9.17, 15) is 0 Å². The van der Waals surface area contributed by atoms with Crippen molar-refractivity contribution in [2.24, 2.45) is 47.3 Å². The molecule has 0 bridgehead atoms. The van der Waals surface area contributed by atoms with Crippen molar-refractivity contribution in [2.45, 2.75) is 332 Å². The van der Waals surface area contributed by atoms with E-state index in [0.717, 1.165) is 47.3 Å². The van der Waals surface area contributed by atoms with Gasteiger partial charge < -0.3 is 29.7 Å². The Balaban J connectivity index is -0.000000128. The molecular weight excluding hydrogens is 1080 g/mol. The van der Waals surface area contributed by atoms with E-state index >= 15 is 0 Å². The van der Waals surface area contributed by atoms with Crippen LogP contribution >= 0.6 is 34.1 Å². The van der Waals surface area contributed by atoms with Gasteiger partial charge in [-0.3, -0.25) is 0 Å². The Labute approximate surface area is 480 Å². The molecule has 0 N–H and O–H groups in total. The Morgan fingerprint density at radius 3 is 0.580 bits per heavy atom. The van der Waals surface area contributed by atoms with Gasteiger partial charge >= 0.3 is 75.7 Å². The van der Waals surface area contributed by atoms with Crippen LogP contribution in [0.2, 0.25) is 0 Å². The quantitative estimate of drug-likeness (QED) is 0.120. The van der Waals surface area contributed by atoms with Crippen LogP contribution in [0.1, 0.15) is 332 Å². The third-order valence-corrected chi connectivity index (χ3v) is 15.3. The normalized spacial score (nSPS) is 21.1. The van der Waals surface area contributed by atoms with Crippen molar-refractivity contribution in [1.29, 1.82) is 0 Å². The van der Waals surface area contributed by atoms with E-state index in [1.807, 2.05) is 0 Å². The molecule has 0 nitrogen and oxygen atoms in total. The molecule has 6 heteroatoms.